The Morgan fingerprint density at radius 3 is 2.42 bits per heavy atom. The van der Waals surface area contributed by atoms with Gasteiger partial charge in [-0.2, -0.15) is 0 Å². The van der Waals surface area contributed by atoms with E-state index in [0.717, 1.165) is 0 Å². The Balaban J connectivity index is 1.67. The third-order valence-electron chi connectivity index (χ3n) is 3.57. The van der Waals surface area contributed by atoms with E-state index in [4.69, 9.17) is 16.3 Å². The molecule has 0 unspecified atom stereocenters. The van der Waals surface area contributed by atoms with E-state index in [9.17, 15) is 9.18 Å². The van der Waals surface area contributed by atoms with E-state index >= 15 is 0 Å². The fourth-order valence-corrected chi connectivity index (χ4v) is 2.53. The van der Waals surface area contributed by atoms with Gasteiger partial charge < -0.3 is 15.4 Å². The second kappa shape index (κ2) is 8.36. The number of ether oxygens (including phenoxy) is 1. The number of halogens is 2. The molecule has 0 spiro atoms. The Morgan fingerprint density at radius 2 is 1.69 bits per heavy atom. The molecule has 2 N–H and O–H groups in total. The maximum absolute atomic E-state index is 12.9. The van der Waals surface area contributed by atoms with E-state index in [2.05, 4.69) is 10.6 Å². The predicted molar refractivity (Wildman–Crippen MR) is 100 cm³/mol. The first kappa shape index (κ1) is 17.8. The van der Waals surface area contributed by atoms with Gasteiger partial charge in [0.05, 0.1) is 0 Å². The molecule has 0 heterocycles. The SMILES string of the molecule is O=C(NCc1c(Cl)cccc1Oc1ccccc1)Nc1ccc(F)cc1. The normalized spacial score (nSPS) is 10.2. The molecular formula is C20H16ClFN2O2. The molecule has 3 aromatic rings. The molecule has 0 aromatic heterocycles. The summed E-state index contributed by atoms with van der Waals surface area (Å²) < 4.78 is 18.8. The van der Waals surface area contributed by atoms with Crippen LogP contribution in [0.1, 0.15) is 5.56 Å². The van der Waals surface area contributed by atoms with Crippen molar-refractivity contribution in [3.05, 3.63) is 89.2 Å². The van der Waals surface area contributed by atoms with Crippen molar-refractivity contribution in [1.29, 1.82) is 0 Å². The first-order chi connectivity index (χ1) is 12.6. The van der Waals surface area contributed by atoms with Gasteiger partial charge in [0, 0.05) is 22.8 Å². The highest BCUT2D eigenvalue weighted by atomic mass is 35.5. The number of benzene rings is 3. The number of amides is 2. The molecule has 2 amide bonds. The van der Waals surface area contributed by atoms with Crippen molar-refractivity contribution in [2.75, 3.05) is 5.32 Å². The fourth-order valence-electron chi connectivity index (χ4n) is 2.30. The lowest BCUT2D eigenvalue weighted by Gasteiger charge is -2.14. The van der Waals surface area contributed by atoms with Crippen LogP contribution in [0.4, 0.5) is 14.9 Å². The number of para-hydroxylation sites is 1. The minimum atomic E-state index is -0.429. The summed E-state index contributed by atoms with van der Waals surface area (Å²) in [5, 5.41) is 5.83. The number of carbonyl (C=O) groups excluding carboxylic acids is 1. The van der Waals surface area contributed by atoms with Crippen LogP contribution < -0.4 is 15.4 Å². The highest BCUT2D eigenvalue weighted by Gasteiger charge is 2.11. The minimum absolute atomic E-state index is 0.175. The van der Waals surface area contributed by atoms with Crippen LogP contribution in [-0.2, 0) is 6.54 Å². The molecule has 0 aliphatic carbocycles. The van der Waals surface area contributed by atoms with Gasteiger partial charge >= 0.3 is 6.03 Å². The van der Waals surface area contributed by atoms with E-state index in [0.29, 0.717) is 27.8 Å². The number of hydrogen-bond donors (Lipinski definition) is 2. The summed E-state index contributed by atoms with van der Waals surface area (Å²) in [7, 11) is 0. The molecule has 132 valence electrons. The zero-order valence-corrected chi connectivity index (χ0v) is 14.5. The molecule has 6 heteroatoms. The molecule has 26 heavy (non-hydrogen) atoms. The molecule has 0 fully saturated rings. The van der Waals surface area contributed by atoms with Crippen LogP contribution in [0.3, 0.4) is 0 Å². The Morgan fingerprint density at radius 1 is 0.962 bits per heavy atom. The van der Waals surface area contributed by atoms with Gasteiger partial charge in [-0.05, 0) is 48.5 Å². The summed E-state index contributed by atoms with van der Waals surface area (Å²) >= 11 is 6.26. The van der Waals surface area contributed by atoms with E-state index in [-0.39, 0.29) is 12.4 Å². The van der Waals surface area contributed by atoms with Gasteiger partial charge in [0.25, 0.3) is 0 Å². The molecule has 0 bridgehead atoms. The van der Waals surface area contributed by atoms with Gasteiger partial charge in [-0.25, -0.2) is 9.18 Å². The monoisotopic (exact) mass is 370 g/mol. The van der Waals surface area contributed by atoms with Gasteiger partial charge in [0.1, 0.15) is 17.3 Å². The van der Waals surface area contributed by atoms with Crippen molar-refractivity contribution in [3.8, 4) is 11.5 Å². The number of carbonyl (C=O) groups is 1. The Bertz CT molecular complexity index is 886. The van der Waals surface area contributed by atoms with E-state index < -0.39 is 6.03 Å². The lowest BCUT2D eigenvalue weighted by Crippen LogP contribution is -2.28. The number of urea groups is 1. The van der Waals surface area contributed by atoms with Crippen LogP contribution in [0.5, 0.6) is 11.5 Å². The molecule has 0 saturated heterocycles. The second-order valence-corrected chi connectivity index (χ2v) is 5.85. The number of rotatable bonds is 5. The third kappa shape index (κ3) is 4.74. The first-order valence-corrected chi connectivity index (χ1v) is 8.30. The van der Waals surface area contributed by atoms with E-state index in [1.807, 2.05) is 30.3 Å². The van der Waals surface area contributed by atoms with Crippen LogP contribution in [0, 0.1) is 5.82 Å². The van der Waals surface area contributed by atoms with Crippen molar-refractivity contribution in [1.82, 2.24) is 5.32 Å². The number of nitrogens with one attached hydrogen (secondary N) is 2. The molecule has 3 aromatic carbocycles. The first-order valence-electron chi connectivity index (χ1n) is 7.92. The van der Waals surface area contributed by atoms with E-state index in [1.54, 1.807) is 18.2 Å². The van der Waals surface area contributed by atoms with Crippen LogP contribution in [0.25, 0.3) is 0 Å². The van der Waals surface area contributed by atoms with Gasteiger partial charge in [0.15, 0.2) is 0 Å². The summed E-state index contributed by atoms with van der Waals surface area (Å²) in [6.07, 6.45) is 0. The van der Waals surface area contributed by atoms with Crippen molar-refractivity contribution < 1.29 is 13.9 Å². The average molecular weight is 371 g/mol. The molecule has 0 aliphatic heterocycles. The summed E-state index contributed by atoms with van der Waals surface area (Å²) in [6.45, 7) is 0.175. The third-order valence-corrected chi connectivity index (χ3v) is 3.93. The van der Waals surface area contributed by atoms with Gasteiger partial charge in [-0.15, -0.1) is 0 Å². The maximum atomic E-state index is 12.9. The predicted octanol–water partition coefficient (Wildman–Crippen LogP) is 5.59. The maximum Gasteiger partial charge on any atom is 0.319 e. The van der Waals surface area contributed by atoms with Crippen molar-refractivity contribution in [2.45, 2.75) is 6.54 Å². The molecule has 3 rings (SSSR count). The highest BCUT2D eigenvalue weighted by Crippen LogP contribution is 2.30. The van der Waals surface area contributed by atoms with E-state index in [1.165, 1.54) is 24.3 Å². The van der Waals surface area contributed by atoms with Crippen LogP contribution in [-0.4, -0.2) is 6.03 Å². The van der Waals surface area contributed by atoms with Gasteiger partial charge in [-0.1, -0.05) is 35.9 Å². The molecule has 0 atom stereocenters. The summed E-state index contributed by atoms with van der Waals surface area (Å²) in [6, 6.07) is 19.7. The topological polar surface area (TPSA) is 50.4 Å². The zero-order valence-electron chi connectivity index (χ0n) is 13.7. The molecule has 0 radical (unpaired) electrons. The molecule has 0 aliphatic rings. The smallest absolute Gasteiger partial charge is 0.319 e. The Hall–Kier alpha value is -3.05. The van der Waals surface area contributed by atoms with Crippen LogP contribution in [0.15, 0.2) is 72.8 Å². The summed E-state index contributed by atoms with van der Waals surface area (Å²) in [5.41, 5.74) is 1.15. The Kier molecular flexibility index (Phi) is 5.71. The zero-order chi connectivity index (χ0) is 18.4. The van der Waals surface area contributed by atoms with Crippen LogP contribution in [0.2, 0.25) is 5.02 Å². The lowest BCUT2D eigenvalue weighted by molar-refractivity contribution is 0.251. The van der Waals surface area contributed by atoms with Crippen molar-refractivity contribution in [3.63, 3.8) is 0 Å². The van der Waals surface area contributed by atoms with Gasteiger partial charge in [-0.3, -0.25) is 0 Å². The number of anilines is 1. The van der Waals surface area contributed by atoms with Gasteiger partial charge in [0.2, 0.25) is 0 Å². The number of hydrogen-bond acceptors (Lipinski definition) is 2. The fraction of sp³-hybridized carbons (Fsp3) is 0.0500. The van der Waals surface area contributed by atoms with Crippen LogP contribution >= 0.6 is 11.6 Å². The second-order valence-electron chi connectivity index (χ2n) is 5.45. The highest BCUT2D eigenvalue weighted by molar-refractivity contribution is 6.31. The molecule has 4 nitrogen and oxygen atoms in total. The molecule has 0 saturated carbocycles. The standard InChI is InChI=1S/C20H16ClFN2O2/c21-18-7-4-8-19(26-16-5-2-1-3-6-16)17(18)13-23-20(25)24-15-11-9-14(22)10-12-15/h1-12H,13H2,(H2,23,24,25). The summed E-state index contributed by atoms with van der Waals surface area (Å²) in [5.74, 6) is 0.868. The minimum Gasteiger partial charge on any atom is -0.457 e. The summed E-state index contributed by atoms with van der Waals surface area (Å²) in [4.78, 5) is 12.1. The van der Waals surface area contributed by atoms with Crippen molar-refractivity contribution >= 4 is 23.3 Å². The van der Waals surface area contributed by atoms with Crippen molar-refractivity contribution in [2.24, 2.45) is 0 Å². The molecular weight excluding hydrogens is 355 g/mol. The average Bonchev–Trinajstić information content (AvgIpc) is 2.64. The lowest BCUT2D eigenvalue weighted by atomic mass is 10.2. The quantitative estimate of drug-likeness (QED) is 0.614. The Labute approximate surface area is 155 Å². The largest absolute Gasteiger partial charge is 0.457 e.